The predicted octanol–water partition coefficient (Wildman–Crippen LogP) is 3.44. The van der Waals surface area contributed by atoms with Crippen molar-refractivity contribution in [3.05, 3.63) is 0 Å². The largest absolute Gasteiger partial charge is 0.306 e. The SMILES string of the molecule is CN(CCCCCI)CCC(C)(C)NCl. The average Bonchev–Trinajstić information content (AvgIpc) is 2.22. The Morgan fingerprint density at radius 2 is 1.87 bits per heavy atom. The summed E-state index contributed by atoms with van der Waals surface area (Å²) < 4.78 is 1.28. The van der Waals surface area contributed by atoms with Crippen LogP contribution in [-0.4, -0.2) is 35.0 Å². The van der Waals surface area contributed by atoms with Gasteiger partial charge in [0.1, 0.15) is 0 Å². The lowest BCUT2D eigenvalue weighted by Crippen LogP contribution is -2.36. The molecule has 0 spiro atoms. The molecule has 92 valence electrons. The smallest absolute Gasteiger partial charge is 0.0287 e. The van der Waals surface area contributed by atoms with Gasteiger partial charge in [0, 0.05) is 5.54 Å². The quantitative estimate of drug-likeness (QED) is 0.298. The van der Waals surface area contributed by atoms with Gasteiger partial charge in [-0.05, 0) is 69.5 Å². The van der Waals surface area contributed by atoms with Gasteiger partial charge in [-0.15, -0.1) is 0 Å². The van der Waals surface area contributed by atoms with Gasteiger partial charge in [0.15, 0.2) is 0 Å². The summed E-state index contributed by atoms with van der Waals surface area (Å²) in [5.74, 6) is 0. The predicted molar refractivity (Wildman–Crippen MR) is 77.9 cm³/mol. The molecule has 0 radical (unpaired) electrons. The van der Waals surface area contributed by atoms with Crippen LogP contribution in [0.5, 0.6) is 0 Å². The molecule has 0 aromatic rings. The van der Waals surface area contributed by atoms with Crippen molar-refractivity contribution in [3.8, 4) is 0 Å². The monoisotopic (exact) mass is 346 g/mol. The molecule has 0 saturated carbocycles. The molecule has 0 atom stereocenters. The zero-order chi connectivity index (χ0) is 11.7. The highest BCUT2D eigenvalue weighted by molar-refractivity contribution is 14.1. The lowest BCUT2D eigenvalue weighted by atomic mass is 10.0. The first-order chi connectivity index (χ1) is 7.02. The lowest BCUT2D eigenvalue weighted by Gasteiger charge is -2.25. The maximum absolute atomic E-state index is 5.65. The Hall–Kier alpha value is 0.940. The molecule has 0 aromatic carbocycles. The summed E-state index contributed by atoms with van der Waals surface area (Å²) in [5.41, 5.74) is 0.0397. The summed E-state index contributed by atoms with van der Waals surface area (Å²) >= 11 is 8.09. The van der Waals surface area contributed by atoms with E-state index in [0.29, 0.717) is 0 Å². The van der Waals surface area contributed by atoms with Crippen LogP contribution in [0.15, 0.2) is 0 Å². The van der Waals surface area contributed by atoms with E-state index in [0.717, 1.165) is 13.0 Å². The first-order valence-corrected chi connectivity index (χ1v) is 7.54. The van der Waals surface area contributed by atoms with Crippen molar-refractivity contribution < 1.29 is 0 Å². The zero-order valence-electron chi connectivity index (χ0n) is 10.2. The minimum atomic E-state index is 0.0397. The van der Waals surface area contributed by atoms with E-state index in [2.05, 4.69) is 53.2 Å². The van der Waals surface area contributed by atoms with Crippen molar-refractivity contribution in [3.63, 3.8) is 0 Å². The average molecular weight is 347 g/mol. The van der Waals surface area contributed by atoms with E-state index < -0.39 is 0 Å². The topological polar surface area (TPSA) is 15.3 Å². The minimum absolute atomic E-state index is 0.0397. The summed E-state index contributed by atoms with van der Waals surface area (Å²) in [7, 11) is 2.19. The zero-order valence-corrected chi connectivity index (χ0v) is 13.1. The lowest BCUT2D eigenvalue weighted by molar-refractivity contribution is 0.282. The standard InChI is InChI=1S/C11H24ClIN2/c1-11(2,14-12)7-10-15(3)9-6-4-5-8-13/h14H,4-10H2,1-3H3. The minimum Gasteiger partial charge on any atom is -0.306 e. The number of hydrogen-bond acceptors (Lipinski definition) is 2. The Labute approximate surface area is 113 Å². The fourth-order valence-electron chi connectivity index (χ4n) is 1.28. The van der Waals surface area contributed by atoms with Gasteiger partial charge in [-0.1, -0.05) is 29.0 Å². The van der Waals surface area contributed by atoms with Gasteiger partial charge in [0.25, 0.3) is 0 Å². The van der Waals surface area contributed by atoms with Gasteiger partial charge in [-0.25, -0.2) is 4.84 Å². The third-order valence-electron chi connectivity index (χ3n) is 2.55. The second kappa shape index (κ2) is 9.02. The van der Waals surface area contributed by atoms with Crippen LogP contribution in [0, 0.1) is 0 Å². The number of unbranched alkanes of at least 4 members (excludes halogenated alkanes) is 2. The Bertz CT molecular complexity index is 154. The van der Waals surface area contributed by atoms with Crippen molar-refractivity contribution >= 4 is 34.4 Å². The van der Waals surface area contributed by atoms with Gasteiger partial charge in [-0.2, -0.15) is 0 Å². The molecular weight excluding hydrogens is 322 g/mol. The van der Waals surface area contributed by atoms with Crippen LogP contribution >= 0.6 is 34.4 Å². The molecular formula is C11H24ClIN2. The second-order valence-electron chi connectivity index (χ2n) is 4.78. The van der Waals surface area contributed by atoms with Gasteiger partial charge < -0.3 is 4.90 Å². The molecule has 0 bridgehead atoms. The fourth-order valence-corrected chi connectivity index (χ4v) is 1.92. The summed E-state index contributed by atoms with van der Waals surface area (Å²) in [6.45, 7) is 6.57. The van der Waals surface area contributed by atoms with Crippen molar-refractivity contribution in [1.29, 1.82) is 0 Å². The Morgan fingerprint density at radius 3 is 2.40 bits per heavy atom. The molecule has 0 unspecified atom stereocenters. The van der Waals surface area contributed by atoms with Crippen LogP contribution in [0.1, 0.15) is 39.5 Å². The Kier molecular flexibility index (Phi) is 9.59. The van der Waals surface area contributed by atoms with Crippen molar-refractivity contribution in [1.82, 2.24) is 9.74 Å². The molecule has 0 aliphatic heterocycles. The van der Waals surface area contributed by atoms with Crippen LogP contribution in [0.2, 0.25) is 0 Å². The van der Waals surface area contributed by atoms with Crippen molar-refractivity contribution in [2.45, 2.75) is 45.1 Å². The molecule has 0 heterocycles. The van der Waals surface area contributed by atoms with E-state index in [4.69, 9.17) is 11.8 Å². The number of alkyl halides is 1. The summed E-state index contributed by atoms with van der Waals surface area (Å²) in [6.07, 6.45) is 5.10. The summed E-state index contributed by atoms with van der Waals surface area (Å²) in [5, 5.41) is 0. The van der Waals surface area contributed by atoms with E-state index in [-0.39, 0.29) is 5.54 Å². The maximum atomic E-state index is 5.65. The fraction of sp³-hybridized carbons (Fsp3) is 1.00. The first kappa shape index (κ1) is 15.9. The van der Waals surface area contributed by atoms with Crippen LogP contribution in [0.25, 0.3) is 0 Å². The first-order valence-electron chi connectivity index (χ1n) is 5.64. The molecule has 0 aromatic heterocycles. The second-order valence-corrected chi connectivity index (χ2v) is 6.05. The van der Waals surface area contributed by atoms with Crippen LogP contribution in [-0.2, 0) is 0 Å². The van der Waals surface area contributed by atoms with E-state index in [9.17, 15) is 0 Å². The van der Waals surface area contributed by atoms with Gasteiger partial charge >= 0.3 is 0 Å². The Balaban J connectivity index is 3.44. The number of halogens is 2. The molecule has 0 rings (SSSR count). The highest BCUT2D eigenvalue weighted by Crippen LogP contribution is 2.10. The van der Waals surface area contributed by atoms with E-state index in [1.807, 2.05) is 0 Å². The van der Waals surface area contributed by atoms with E-state index >= 15 is 0 Å². The Morgan fingerprint density at radius 1 is 1.20 bits per heavy atom. The van der Waals surface area contributed by atoms with Crippen LogP contribution in [0.3, 0.4) is 0 Å². The van der Waals surface area contributed by atoms with Crippen LogP contribution < -0.4 is 4.84 Å². The van der Waals surface area contributed by atoms with E-state index in [1.165, 1.54) is 30.2 Å². The van der Waals surface area contributed by atoms with Crippen molar-refractivity contribution in [2.75, 3.05) is 24.6 Å². The summed E-state index contributed by atoms with van der Waals surface area (Å²) in [4.78, 5) is 5.21. The number of nitrogens with one attached hydrogen (secondary N) is 1. The molecule has 4 heteroatoms. The number of nitrogens with zero attached hydrogens (tertiary/aromatic N) is 1. The third-order valence-corrected chi connectivity index (χ3v) is 3.82. The number of rotatable bonds is 9. The van der Waals surface area contributed by atoms with E-state index in [1.54, 1.807) is 0 Å². The van der Waals surface area contributed by atoms with Gasteiger partial charge in [0.05, 0.1) is 0 Å². The molecule has 0 saturated heterocycles. The van der Waals surface area contributed by atoms with Gasteiger partial charge in [0.2, 0.25) is 0 Å². The molecule has 2 nitrogen and oxygen atoms in total. The molecule has 0 amide bonds. The highest BCUT2D eigenvalue weighted by atomic mass is 127. The molecule has 0 fully saturated rings. The maximum Gasteiger partial charge on any atom is 0.0287 e. The highest BCUT2D eigenvalue weighted by Gasteiger charge is 2.16. The summed E-state index contributed by atoms with van der Waals surface area (Å²) in [6, 6.07) is 0. The third kappa shape index (κ3) is 9.85. The normalized spacial score (nSPS) is 12.4. The molecule has 15 heavy (non-hydrogen) atoms. The molecule has 0 aliphatic rings. The van der Waals surface area contributed by atoms with Gasteiger partial charge in [-0.3, -0.25) is 0 Å². The van der Waals surface area contributed by atoms with Crippen molar-refractivity contribution in [2.24, 2.45) is 0 Å². The van der Waals surface area contributed by atoms with Crippen LogP contribution in [0.4, 0.5) is 0 Å². The molecule has 1 N–H and O–H groups in total. The number of hydrogen-bond donors (Lipinski definition) is 1. The molecule has 0 aliphatic carbocycles.